The number of hydrogen-bond donors (Lipinski definition) is 1. The van der Waals surface area contributed by atoms with Gasteiger partial charge in [-0.2, -0.15) is 0 Å². The van der Waals surface area contributed by atoms with Crippen molar-refractivity contribution < 1.29 is 19.1 Å². The van der Waals surface area contributed by atoms with Gasteiger partial charge in [0.2, 0.25) is 5.91 Å². The summed E-state index contributed by atoms with van der Waals surface area (Å²) in [6.07, 6.45) is 15.6. The fraction of sp³-hybridized carbons (Fsp3) is 0.615. The first-order valence-corrected chi connectivity index (χ1v) is 12.0. The van der Waals surface area contributed by atoms with E-state index in [0.29, 0.717) is 25.3 Å². The van der Waals surface area contributed by atoms with Gasteiger partial charge >= 0.3 is 5.97 Å². The van der Waals surface area contributed by atoms with Gasteiger partial charge in [0.25, 0.3) is 0 Å². The van der Waals surface area contributed by atoms with E-state index in [0.717, 1.165) is 31.4 Å². The van der Waals surface area contributed by atoms with E-state index >= 15 is 0 Å². The van der Waals surface area contributed by atoms with Crippen LogP contribution >= 0.6 is 0 Å². The molecule has 0 fully saturated rings. The minimum atomic E-state index is -0.277. The lowest BCUT2D eigenvalue weighted by molar-refractivity contribution is -0.116. The fourth-order valence-electron chi connectivity index (χ4n) is 3.23. The Morgan fingerprint density at radius 2 is 1.42 bits per heavy atom. The summed E-state index contributed by atoms with van der Waals surface area (Å²) in [7, 11) is 0. The fourth-order valence-corrected chi connectivity index (χ4v) is 3.23. The van der Waals surface area contributed by atoms with Crippen molar-refractivity contribution >= 4 is 11.9 Å². The van der Waals surface area contributed by atoms with Gasteiger partial charge in [-0.3, -0.25) is 4.79 Å². The van der Waals surface area contributed by atoms with Gasteiger partial charge in [0.05, 0.1) is 18.8 Å². The molecular weight excluding hydrogens is 390 g/mol. The predicted octanol–water partition coefficient (Wildman–Crippen LogP) is 6.23. The second-order valence-electron chi connectivity index (χ2n) is 7.89. The van der Waals surface area contributed by atoms with Crippen LogP contribution in [0.15, 0.2) is 36.9 Å². The Hall–Kier alpha value is -2.30. The number of nitrogens with one attached hydrogen (secondary N) is 1. The lowest BCUT2D eigenvalue weighted by Crippen LogP contribution is -2.22. The average Bonchev–Trinajstić information content (AvgIpc) is 2.79. The highest BCUT2D eigenvalue weighted by atomic mass is 16.5. The molecule has 1 rings (SSSR count). The summed E-state index contributed by atoms with van der Waals surface area (Å²) in [5.41, 5.74) is 0.548. The molecule has 0 aliphatic rings. The Morgan fingerprint density at radius 3 is 2.03 bits per heavy atom. The number of amides is 1. The zero-order valence-corrected chi connectivity index (χ0v) is 19.3. The Labute approximate surface area is 188 Å². The second-order valence-corrected chi connectivity index (χ2v) is 7.89. The molecule has 174 valence electrons. The lowest BCUT2D eigenvalue weighted by Gasteiger charge is -2.08. The van der Waals surface area contributed by atoms with Crippen LogP contribution in [-0.2, 0) is 9.53 Å². The van der Waals surface area contributed by atoms with Crippen molar-refractivity contribution in [1.82, 2.24) is 5.32 Å². The summed E-state index contributed by atoms with van der Waals surface area (Å²) in [6, 6.07) is 7.05. The molecule has 1 aromatic carbocycles. The summed E-state index contributed by atoms with van der Waals surface area (Å²) in [4.78, 5) is 23.2. The van der Waals surface area contributed by atoms with Crippen LogP contribution < -0.4 is 10.1 Å². The van der Waals surface area contributed by atoms with E-state index < -0.39 is 0 Å². The van der Waals surface area contributed by atoms with Crippen molar-refractivity contribution in [2.45, 2.75) is 84.0 Å². The molecule has 0 bridgehead atoms. The van der Waals surface area contributed by atoms with Gasteiger partial charge in [0.15, 0.2) is 0 Å². The molecule has 0 aliphatic carbocycles. The zero-order valence-electron chi connectivity index (χ0n) is 19.3. The van der Waals surface area contributed by atoms with Gasteiger partial charge in [-0.15, -0.1) is 0 Å². The Balaban J connectivity index is 2.04. The third-order valence-electron chi connectivity index (χ3n) is 5.15. The van der Waals surface area contributed by atoms with Gasteiger partial charge in [-0.1, -0.05) is 71.3 Å². The largest absolute Gasteiger partial charge is 0.494 e. The summed E-state index contributed by atoms with van der Waals surface area (Å²) in [6.45, 7) is 7.31. The highest BCUT2D eigenvalue weighted by Gasteiger charge is 2.07. The highest BCUT2D eigenvalue weighted by Crippen LogP contribution is 2.14. The van der Waals surface area contributed by atoms with Gasteiger partial charge in [0, 0.05) is 6.54 Å². The number of rotatable bonds is 19. The number of carbonyl (C=O) groups is 2. The third kappa shape index (κ3) is 14.4. The summed E-state index contributed by atoms with van der Waals surface area (Å²) in [5, 5.41) is 2.73. The monoisotopic (exact) mass is 431 g/mol. The SMILES string of the molecule is C=CC(=O)NCCCCOc1ccc(C(=O)OCCCCCCCCCCCC)cc1. The molecule has 0 heterocycles. The molecule has 1 amide bonds. The number of benzene rings is 1. The molecule has 1 N–H and O–H groups in total. The topological polar surface area (TPSA) is 64.6 Å². The molecule has 0 unspecified atom stereocenters. The molecule has 0 saturated heterocycles. The summed E-state index contributed by atoms with van der Waals surface area (Å²) in [5.74, 6) is 0.290. The number of ether oxygens (including phenoxy) is 2. The molecule has 5 nitrogen and oxygen atoms in total. The van der Waals surface area contributed by atoms with Gasteiger partial charge in [0.1, 0.15) is 5.75 Å². The average molecular weight is 432 g/mol. The first-order valence-electron chi connectivity index (χ1n) is 12.0. The molecular formula is C26H41NO4. The van der Waals surface area contributed by atoms with Gasteiger partial charge in [-0.25, -0.2) is 4.79 Å². The minimum Gasteiger partial charge on any atom is -0.494 e. The van der Waals surface area contributed by atoms with Crippen LogP contribution in [0.5, 0.6) is 5.75 Å². The zero-order chi connectivity index (χ0) is 22.6. The first kappa shape index (κ1) is 26.7. The van der Waals surface area contributed by atoms with Crippen molar-refractivity contribution in [3.05, 3.63) is 42.5 Å². The van der Waals surface area contributed by atoms with Crippen molar-refractivity contribution in [3.8, 4) is 5.75 Å². The van der Waals surface area contributed by atoms with E-state index in [1.807, 2.05) is 0 Å². The number of unbranched alkanes of at least 4 members (excludes halogenated alkanes) is 10. The smallest absolute Gasteiger partial charge is 0.338 e. The van der Waals surface area contributed by atoms with Crippen molar-refractivity contribution in [3.63, 3.8) is 0 Å². The predicted molar refractivity (Wildman–Crippen MR) is 127 cm³/mol. The van der Waals surface area contributed by atoms with E-state index in [-0.39, 0.29) is 11.9 Å². The van der Waals surface area contributed by atoms with E-state index in [9.17, 15) is 9.59 Å². The molecule has 0 radical (unpaired) electrons. The van der Waals surface area contributed by atoms with Crippen molar-refractivity contribution in [2.24, 2.45) is 0 Å². The van der Waals surface area contributed by atoms with Crippen molar-refractivity contribution in [1.29, 1.82) is 0 Å². The Bertz CT molecular complexity index is 612. The van der Waals surface area contributed by atoms with E-state index in [4.69, 9.17) is 9.47 Å². The number of hydrogen-bond acceptors (Lipinski definition) is 4. The standard InChI is InChI=1S/C26H41NO4/c1-3-5-6-7-8-9-10-11-12-14-22-31-26(29)23-16-18-24(19-17-23)30-21-15-13-20-27-25(28)4-2/h4,16-19H,2-3,5-15,20-22H2,1H3,(H,27,28). The molecule has 31 heavy (non-hydrogen) atoms. The van der Waals surface area contributed by atoms with Crippen LogP contribution in [0.4, 0.5) is 0 Å². The minimum absolute atomic E-state index is 0.156. The maximum absolute atomic E-state index is 12.1. The molecule has 0 saturated carbocycles. The Kier molecular flexibility index (Phi) is 15.9. The second kappa shape index (κ2) is 18.5. The van der Waals surface area contributed by atoms with Crippen LogP contribution in [-0.4, -0.2) is 31.6 Å². The highest BCUT2D eigenvalue weighted by molar-refractivity contribution is 5.89. The van der Waals surface area contributed by atoms with E-state index in [1.54, 1.807) is 24.3 Å². The van der Waals surface area contributed by atoms with Crippen LogP contribution in [0.2, 0.25) is 0 Å². The van der Waals surface area contributed by atoms with Gasteiger partial charge < -0.3 is 14.8 Å². The maximum atomic E-state index is 12.1. The Morgan fingerprint density at radius 1 is 0.839 bits per heavy atom. The molecule has 0 aliphatic heterocycles. The normalized spacial score (nSPS) is 10.5. The van der Waals surface area contributed by atoms with Crippen LogP contribution in [0.1, 0.15) is 94.3 Å². The lowest BCUT2D eigenvalue weighted by atomic mass is 10.1. The van der Waals surface area contributed by atoms with E-state index in [2.05, 4.69) is 18.8 Å². The van der Waals surface area contributed by atoms with Crippen LogP contribution in [0.3, 0.4) is 0 Å². The molecule has 0 spiro atoms. The number of carbonyl (C=O) groups excluding carboxylic acids is 2. The maximum Gasteiger partial charge on any atom is 0.338 e. The molecule has 0 atom stereocenters. The molecule has 0 aromatic heterocycles. The van der Waals surface area contributed by atoms with Crippen LogP contribution in [0.25, 0.3) is 0 Å². The quantitative estimate of drug-likeness (QED) is 0.160. The number of esters is 1. The van der Waals surface area contributed by atoms with E-state index in [1.165, 1.54) is 57.4 Å². The summed E-state index contributed by atoms with van der Waals surface area (Å²) < 4.78 is 11.0. The van der Waals surface area contributed by atoms with Crippen LogP contribution in [0, 0.1) is 0 Å². The first-order chi connectivity index (χ1) is 15.2. The van der Waals surface area contributed by atoms with Crippen molar-refractivity contribution in [2.75, 3.05) is 19.8 Å². The molecule has 5 heteroatoms. The molecule has 1 aromatic rings. The third-order valence-corrected chi connectivity index (χ3v) is 5.15. The summed E-state index contributed by atoms with van der Waals surface area (Å²) >= 11 is 0. The van der Waals surface area contributed by atoms with Gasteiger partial charge in [-0.05, 0) is 49.6 Å².